The van der Waals surface area contributed by atoms with Gasteiger partial charge in [-0.1, -0.05) is 42.5 Å². The normalized spacial score (nSPS) is 15.9. The molecule has 2 aromatic rings. The Morgan fingerprint density at radius 1 is 0.923 bits per heavy atom. The summed E-state index contributed by atoms with van der Waals surface area (Å²) in [7, 11) is -1.52. The zero-order valence-electron chi connectivity index (χ0n) is 14.3. The van der Waals surface area contributed by atoms with Crippen LogP contribution in [0.3, 0.4) is 0 Å². The van der Waals surface area contributed by atoms with Crippen LogP contribution in [-0.2, 0) is 19.1 Å². The van der Waals surface area contributed by atoms with E-state index in [9.17, 15) is 9.59 Å². The van der Waals surface area contributed by atoms with Crippen molar-refractivity contribution in [3.63, 3.8) is 0 Å². The lowest BCUT2D eigenvalue weighted by molar-refractivity contribution is -0.222. The lowest BCUT2D eigenvalue weighted by Crippen LogP contribution is -2.41. The largest absolute Gasteiger partial charge is 0.488 e. The third-order valence-electron chi connectivity index (χ3n) is 3.86. The summed E-state index contributed by atoms with van der Waals surface area (Å²) < 4.78 is 10.2. The van der Waals surface area contributed by atoms with E-state index >= 15 is 0 Å². The van der Waals surface area contributed by atoms with Crippen molar-refractivity contribution in [1.82, 2.24) is 0 Å². The Morgan fingerprint density at radius 2 is 1.54 bits per heavy atom. The minimum absolute atomic E-state index is 0.166. The molecular weight excluding hydrogens is 335 g/mol. The summed E-state index contributed by atoms with van der Waals surface area (Å²) in [6.45, 7) is 2.99. The van der Waals surface area contributed by atoms with Crippen LogP contribution in [0, 0.1) is 0 Å². The van der Waals surface area contributed by atoms with E-state index in [0.717, 1.165) is 11.1 Å². The van der Waals surface area contributed by atoms with Gasteiger partial charge in [-0.3, -0.25) is 0 Å². The zero-order chi connectivity index (χ0) is 18.9. The van der Waals surface area contributed by atoms with Crippen LogP contribution >= 0.6 is 0 Å². The average Bonchev–Trinajstić information content (AvgIpc) is 2.58. The van der Waals surface area contributed by atoms with E-state index in [1.807, 2.05) is 6.07 Å². The van der Waals surface area contributed by atoms with Gasteiger partial charge in [0.15, 0.2) is 0 Å². The minimum Gasteiger partial charge on any atom is -0.423 e. The molecule has 0 saturated carbocycles. The maximum atomic E-state index is 12.0. The van der Waals surface area contributed by atoms with Crippen LogP contribution in [0.4, 0.5) is 0 Å². The van der Waals surface area contributed by atoms with Crippen molar-refractivity contribution in [2.24, 2.45) is 0 Å². The molecule has 2 aromatic carbocycles. The molecule has 0 spiro atoms. The fraction of sp³-hybridized carbons (Fsp3) is 0.158. The lowest BCUT2D eigenvalue weighted by Gasteiger charge is -2.29. The van der Waals surface area contributed by atoms with Crippen LogP contribution in [0.15, 0.2) is 54.1 Å². The summed E-state index contributed by atoms with van der Waals surface area (Å²) in [5, 5.41) is 18.3. The van der Waals surface area contributed by atoms with Crippen molar-refractivity contribution >= 4 is 30.6 Å². The first-order valence-electron chi connectivity index (χ1n) is 8.00. The molecule has 0 amide bonds. The summed E-state index contributed by atoms with van der Waals surface area (Å²) in [5.74, 6) is -2.72. The molecule has 1 aliphatic rings. The molecule has 0 radical (unpaired) electrons. The van der Waals surface area contributed by atoms with Crippen LogP contribution in [0.5, 0.6) is 0 Å². The highest BCUT2D eigenvalue weighted by Crippen LogP contribution is 2.26. The van der Waals surface area contributed by atoms with Gasteiger partial charge in [0.05, 0.1) is 0 Å². The predicted molar refractivity (Wildman–Crippen MR) is 95.9 cm³/mol. The molecule has 6 nitrogen and oxygen atoms in total. The molecule has 0 aliphatic carbocycles. The molecule has 1 saturated heterocycles. The van der Waals surface area contributed by atoms with Gasteiger partial charge in [0, 0.05) is 13.8 Å². The first kappa shape index (κ1) is 17.9. The van der Waals surface area contributed by atoms with E-state index in [4.69, 9.17) is 19.5 Å². The SMILES string of the molecule is CC1(C)OC(=O)C(=Cc2cccc(-c3ccc(B(O)O)cc3)c2)C(=O)O1. The highest BCUT2D eigenvalue weighted by atomic mass is 16.7. The van der Waals surface area contributed by atoms with Crippen LogP contribution in [0.2, 0.25) is 0 Å². The molecule has 0 bridgehead atoms. The number of carbonyl (C=O) groups excluding carboxylic acids is 2. The Bertz CT molecular complexity index is 861. The van der Waals surface area contributed by atoms with Gasteiger partial charge in [-0.05, 0) is 34.3 Å². The molecule has 1 fully saturated rings. The maximum absolute atomic E-state index is 12.0. The molecule has 132 valence electrons. The molecular formula is C19H17BO6. The molecule has 0 aromatic heterocycles. The van der Waals surface area contributed by atoms with Crippen LogP contribution in [0.1, 0.15) is 19.4 Å². The highest BCUT2D eigenvalue weighted by Gasteiger charge is 2.38. The summed E-state index contributed by atoms with van der Waals surface area (Å²) in [4.78, 5) is 24.1. The molecule has 2 N–H and O–H groups in total. The molecule has 26 heavy (non-hydrogen) atoms. The highest BCUT2D eigenvalue weighted by molar-refractivity contribution is 6.58. The first-order valence-corrected chi connectivity index (χ1v) is 8.00. The molecule has 1 heterocycles. The fourth-order valence-electron chi connectivity index (χ4n) is 2.60. The van der Waals surface area contributed by atoms with E-state index in [0.29, 0.717) is 11.0 Å². The molecule has 0 atom stereocenters. The third kappa shape index (κ3) is 3.84. The van der Waals surface area contributed by atoms with Crippen molar-refractivity contribution in [3.05, 3.63) is 59.7 Å². The second-order valence-electron chi connectivity index (χ2n) is 6.36. The van der Waals surface area contributed by atoms with Crippen molar-refractivity contribution in [1.29, 1.82) is 0 Å². The number of benzene rings is 2. The number of cyclic esters (lactones) is 2. The predicted octanol–water partition coefficient (Wildman–Crippen LogP) is 1.25. The van der Waals surface area contributed by atoms with Gasteiger partial charge in [-0.15, -0.1) is 0 Å². The van der Waals surface area contributed by atoms with E-state index in [2.05, 4.69) is 0 Å². The van der Waals surface area contributed by atoms with E-state index in [1.165, 1.54) is 19.9 Å². The van der Waals surface area contributed by atoms with Gasteiger partial charge in [0.1, 0.15) is 5.57 Å². The van der Waals surface area contributed by atoms with Gasteiger partial charge in [0.2, 0.25) is 0 Å². The fourth-order valence-corrected chi connectivity index (χ4v) is 2.60. The molecule has 3 rings (SSSR count). The third-order valence-corrected chi connectivity index (χ3v) is 3.86. The Balaban J connectivity index is 1.90. The monoisotopic (exact) mass is 352 g/mol. The van der Waals surface area contributed by atoms with Crippen molar-refractivity contribution in [2.45, 2.75) is 19.6 Å². The molecule has 7 heteroatoms. The number of carbonyl (C=O) groups is 2. The Kier molecular flexibility index (Phi) is 4.67. The summed E-state index contributed by atoms with van der Waals surface area (Å²) in [6, 6.07) is 14.0. The lowest BCUT2D eigenvalue weighted by atomic mass is 9.80. The van der Waals surface area contributed by atoms with Crippen LogP contribution < -0.4 is 5.46 Å². The number of rotatable bonds is 3. The summed E-state index contributed by atoms with van der Waals surface area (Å²) in [5.41, 5.74) is 2.56. The number of hydrogen-bond donors (Lipinski definition) is 2. The number of hydrogen-bond acceptors (Lipinski definition) is 6. The Morgan fingerprint density at radius 3 is 2.12 bits per heavy atom. The van der Waals surface area contributed by atoms with Gasteiger partial charge < -0.3 is 19.5 Å². The van der Waals surface area contributed by atoms with Gasteiger partial charge in [-0.2, -0.15) is 0 Å². The smallest absolute Gasteiger partial charge is 0.423 e. The van der Waals surface area contributed by atoms with Gasteiger partial charge >= 0.3 is 19.1 Å². The van der Waals surface area contributed by atoms with E-state index in [1.54, 1.807) is 42.5 Å². The first-order chi connectivity index (χ1) is 12.2. The number of esters is 2. The molecule has 0 unspecified atom stereocenters. The Labute approximate surface area is 150 Å². The topological polar surface area (TPSA) is 93.1 Å². The van der Waals surface area contributed by atoms with Crippen molar-refractivity contribution < 1.29 is 29.1 Å². The van der Waals surface area contributed by atoms with Crippen molar-refractivity contribution in [2.75, 3.05) is 0 Å². The van der Waals surface area contributed by atoms with Crippen LogP contribution in [-0.4, -0.2) is 34.9 Å². The summed E-state index contributed by atoms with van der Waals surface area (Å²) in [6.07, 6.45) is 1.43. The van der Waals surface area contributed by atoms with E-state index < -0.39 is 24.8 Å². The summed E-state index contributed by atoms with van der Waals surface area (Å²) >= 11 is 0. The van der Waals surface area contributed by atoms with Crippen molar-refractivity contribution in [3.8, 4) is 11.1 Å². The van der Waals surface area contributed by atoms with E-state index in [-0.39, 0.29) is 5.57 Å². The maximum Gasteiger partial charge on any atom is 0.488 e. The standard InChI is InChI=1S/C19H17BO6/c1-19(2)25-17(21)16(18(22)26-19)11-12-4-3-5-14(10-12)13-6-8-15(9-7-13)20(23)24/h3-11,23-24H,1-2H3. The molecule has 1 aliphatic heterocycles. The van der Waals surface area contributed by atoms with Crippen LogP contribution in [0.25, 0.3) is 17.2 Å². The second kappa shape index (κ2) is 6.78. The van der Waals surface area contributed by atoms with Gasteiger partial charge in [0.25, 0.3) is 5.79 Å². The minimum atomic E-state index is -1.52. The quantitative estimate of drug-likeness (QED) is 0.374. The zero-order valence-corrected chi connectivity index (χ0v) is 14.3. The average molecular weight is 352 g/mol. The van der Waals surface area contributed by atoms with Gasteiger partial charge in [-0.25, -0.2) is 9.59 Å². The second-order valence-corrected chi connectivity index (χ2v) is 6.36. The number of ether oxygens (including phenoxy) is 2. The Hall–Kier alpha value is -2.90.